The molecular formula is C21H15N3O4S. The smallest absolute Gasteiger partial charge is 0.339 e. The molecule has 0 aromatic heterocycles. The van der Waals surface area contributed by atoms with Gasteiger partial charge in [0.2, 0.25) is 0 Å². The zero-order chi connectivity index (χ0) is 20.7. The zero-order valence-electron chi connectivity index (χ0n) is 15.0. The molecule has 1 amide bonds. The SMILES string of the molecule is N#Cc1ccc(C(=O)N/N=C/c2ccccc2OS(=O)(=O)c2ccccc2)cc1. The molecule has 3 rings (SSSR count). The first kappa shape index (κ1) is 19.8. The minimum absolute atomic E-state index is 0.0286. The monoisotopic (exact) mass is 405 g/mol. The van der Waals surface area contributed by atoms with E-state index in [4.69, 9.17) is 9.44 Å². The fraction of sp³-hybridized carbons (Fsp3) is 0. The van der Waals surface area contributed by atoms with Gasteiger partial charge in [-0.3, -0.25) is 4.79 Å². The third kappa shape index (κ3) is 5.06. The predicted molar refractivity (Wildman–Crippen MR) is 107 cm³/mol. The lowest BCUT2D eigenvalue weighted by Gasteiger charge is -2.09. The van der Waals surface area contributed by atoms with Crippen molar-refractivity contribution < 1.29 is 17.4 Å². The van der Waals surface area contributed by atoms with Crippen LogP contribution >= 0.6 is 0 Å². The van der Waals surface area contributed by atoms with Crippen molar-refractivity contribution in [1.29, 1.82) is 5.26 Å². The van der Waals surface area contributed by atoms with Gasteiger partial charge in [-0.25, -0.2) is 5.43 Å². The second-order valence-electron chi connectivity index (χ2n) is 5.78. The van der Waals surface area contributed by atoms with E-state index in [0.717, 1.165) is 0 Å². The Balaban J connectivity index is 1.73. The summed E-state index contributed by atoms with van der Waals surface area (Å²) in [6, 6.07) is 22.2. The molecule has 7 nitrogen and oxygen atoms in total. The number of hydrogen-bond donors (Lipinski definition) is 1. The van der Waals surface area contributed by atoms with Gasteiger partial charge < -0.3 is 4.18 Å². The first-order valence-corrected chi connectivity index (χ1v) is 9.82. The standard InChI is InChI=1S/C21H15N3O4S/c22-14-16-10-12-17(13-11-16)21(25)24-23-15-18-6-4-5-9-20(18)28-29(26,27)19-7-2-1-3-8-19/h1-13,15H,(H,24,25)/b23-15+. The fourth-order valence-corrected chi connectivity index (χ4v) is 3.31. The number of para-hydroxylation sites is 1. The van der Waals surface area contributed by atoms with Crippen molar-refractivity contribution in [3.8, 4) is 11.8 Å². The topological polar surface area (TPSA) is 109 Å². The van der Waals surface area contributed by atoms with Gasteiger partial charge in [-0.2, -0.15) is 18.8 Å². The van der Waals surface area contributed by atoms with E-state index in [9.17, 15) is 13.2 Å². The summed E-state index contributed by atoms with van der Waals surface area (Å²) in [5.41, 5.74) is 3.49. The minimum Gasteiger partial charge on any atom is -0.378 e. The number of nitrogens with zero attached hydrogens (tertiary/aromatic N) is 2. The normalized spacial score (nSPS) is 11.0. The second-order valence-corrected chi connectivity index (χ2v) is 7.32. The van der Waals surface area contributed by atoms with Gasteiger partial charge in [0, 0.05) is 11.1 Å². The van der Waals surface area contributed by atoms with E-state index < -0.39 is 16.0 Å². The average molecular weight is 405 g/mol. The third-order valence-electron chi connectivity index (χ3n) is 3.80. The van der Waals surface area contributed by atoms with Gasteiger partial charge >= 0.3 is 10.1 Å². The maximum atomic E-state index is 12.4. The van der Waals surface area contributed by atoms with E-state index in [1.165, 1.54) is 48.7 Å². The van der Waals surface area contributed by atoms with Crippen LogP contribution in [-0.2, 0) is 10.1 Å². The molecule has 0 heterocycles. The maximum Gasteiger partial charge on any atom is 0.339 e. The van der Waals surface area contributed by atoms with Crippen LogP contribution in [0.5, 0.6) is 5.75 Å². The van der Waals surface area contributed by atoms with Gasteiger partial charge in [-0.15, -0.1) is 0 Å². The van der Waals surface area contributed by atoms with Crippen molar-refractivity contribution in [2.45, 2.75) is 4.90 Å². The summed E-state index contributed by atoms with van der Waals surface area (Å²) < 4.78 is 30.1. The molecule has 0 radical (unpaired) electrons. The zero-order valence-corrected chi connectivity index (χ0v) is 15.8. The average Bonchev–Trinajstić information content (AvgIpc) is 2.75. The molecule has 29 heavy (non-hydrogen) atoms. The van der Waals surface area contributed by atoms with Crippen LogP contribution in [0.2, 0.25) is 0 Å². The van der Waals surface area contributed by atoms with Crippen molar-refractivity contribution in [3.63, 3.8) is 0 Å². The molecule has 0 aliphatic rings. The van der Waals surface area contributed by atoms with Crippen molar-refractivity contribution in [3.05, 3.63) is 95.6 Å². The summed E-state index contributed by atoms with van der Waals surface area (Å²) in [4.78, 5) is 12.1. The number of amides is 1. The molecule has 0 aliphatic carbocycles. The fourth-order valence-electron chi connectivity index (χ4n) is 2.34. The lowest BCUT2D eigenvalue weighted by Crippen LogP contribution is -2.17. The van der Waals surface area contributed by atoms with E-state index in [-0.39, 0.29) is 10.6 Å². The molecule has 0 saturated heterocycles. The quantitative estimate of drug-likeness (QED) is 0.385. The van der Waals surface area contributed by atoms with Crippen LogP contribution < -0.4 is 9.61 Å². The van der Waals surface area contributed by atoms with Gasteiger partial charge in [0.25, 0.3) is 5.91 Å². The van der Waals surface area contributed by atoms with E-state index in [0.29, 0.717) is 16.7 Å². The molecule has 0 atom stereocenters. The Morgan fingerprint density at radius 3 is 2.31 bits per heavy atom. The van der Waals surface area contributed by atoms with Crippen LogP contribution in [0.25, 0.3) is 0 Å². The molecule has 0 unspecified atom stereocenters. The van der Waals surface area contributed by atoms with E-state index in [1.807, 2.05) is 6.07 Å². The second kappa shape index (κ2) is 8.82. The molecule has 0 spiro atoms. The third-order valence-corrected chi connectivity index (χ3v) is 5.04. The molecule has 3 aromatic carbocycles. The lowest BCUT2D eigenvalue weighted by atomic mass is 10.1. The highest BCUT2D eigenvalue weighted by Gasteiger charge is 2.17. The van der Waals surface area contributed by atoms with Crippen molar-refractivity contribution in [2.75, 3.05) is 0 Å². The summed E-state index contributed by atoms with van der Waals surface area (Å²) in [6.07, 6.45) is 1.29. The van der Waals surface area contributed by atoms with E-state index in [1.54, 1.807) is 36.4 Å². The minimum atomic E-state index is -4.00. The molecule has 0 saturated carbocycles. The molecular weight excluding hydrogens is 390 g/mol. The van der Waals surface area contributed by atoms with Crippen molar-refractivity contribution >= 4 is 22.2 Å². The van der Waals surface area contributed by atoms with Gasteiger partial charge in [-0.05, 0) is 48.5 Å². The Labute approximate surface area is 168 Å². The van der Waals surface area contributed by atoms with Crippen LogP contribution in [0.15, 0.2) is 88.9 Å². The Morgan fingerprint density at radius 1 is 0.966 bits per heavy atom. The molecule has 0 fully saturated rings. The molecule has 1 N–H and O–H groups in total. The Bertz CT molecular complexity index is 1180. The van der Waals surface area contributed by atoms with Crippen molar-refractivity contribution in [1.82, 2.24) is 5.43 Å². The summed E-state index contributed by atoms with van der Waals surface area (Å²) in [6.45, 7) is 0. The van der Waals surface area contributed by atoms with Gasteiger partial charge in [0.15, 0.2) is 5.75 Å². The summed E-state index contributed by atoms with van der Waals surface area (Å²) >= 11 is 0. The Morgan fingerprint density at radius 2 is 1.62 bits per heavy atom. The van der Waals surface area contributed by atoms with Crippen LogP contribution in [0.4, 0.5) is 0 Å². The number of carbonyl (C=O) groups is 1. The van der Waals surface area contributed by atoms with E-state index >= 15 is 0 Å². The highest BCUT2D eigenvalue weighted by molar-refractivity contribution is 7.87. The maximum absolute atomic E-state index is 12.4. The molecule has 0 bridgehead atoms. The number of nitrogens with one attached hydrogen (secondary N) is 1. The summed E-state index contributed by atoms with van der Waals surface area (Å²) in [5, 5.41) is 12.6. The Hall–Kier alpha value is -3.96. The first-order chi connectivity index (χ1) is 14.0. The van der Waals surface area contributed by atoms with Gasteiger partial charge in [-0.1, -0.05) is 30.3 Å². The number of rotatable bonds is 6. The summed E-state index contributed by atoms with van der Waals surface area (Å²) in [7, 11) is -4.00. The molecule has 3 aromatic rings. The number of benzene rings is 3. The van der Waals surface area contributed by atoms with Crippen molar-refractivity contribution in [2.24, 2.45) is 5.10 Å². The predicted octanol–water partition coefficient (Wildman–Crippen LogP) is 3.09. The van der Waals surface area contributed by atoms with Gasteiger partial charge in [0.1, 0.15) is 4.90 Å². The van der Waals surface area contributed by atoms with Gasteiger partial charge in [0.05, 0.1) is 17.8 Å². The summed E-state index contributed by atoms with van der Waals surface area (Å²) in [5.74, 6) is -0.395. The van der Waals surface area contributed by atoms with Crippen LogP contribution in [0.1, 0.15) is 21.5 Å². The highest BCUT2D eigenvalue weighted by Crippen LogP contribution is 2.21. The highest BCUT2D eigenvalue weighted by atomic mass is 32.2. The number of hydrogen-bond acceptors (Lipinski definition) is 6. The van der Waals surface area contributed by atoms with Crippen LogP contribution in [-0.4, -0.2) is 20.5 Å². The number of hydrazone groups is 1. The Kier molecular flexibility index (Phi) is 6.02. The molecule has 8 heteroatoms. The lowest BCUT2D eigenvalue weighted by molar-refractivity contribution is 0.0955. The van der Waals surface area contributed by atoms with E-state index in [2.05, 4.69) is 10.5 Å². The van der Waals surface area contributed by atoms with Crippen LogP contribution in [0, 0.1) is 11.3 Å². The molecule has 144 valence electrons. The number of nitriles is 1. The number of carbonyl (C=O) groups excluding carboxylic acids is 1. The first-order valence-electron chi connectivity index (χ1n) is 8.42. The molecule has 0 aliphatic heterocycles. The largest absolute Gasteiger partial charge is 0.378 e. The van der Waals surface area contributed by atoms with Crippen LogP contribution in [0.3, 0.4) is 0 Å².